The average molecular weight is 437 g/mol. The number of hydrogen-bond acceptors (Lipinski definition) is 3. The molecular weight excluding hydrogens is 419 g/mol. The van der Waals surface area contributed by atoms with Crippen LogP contribution in [0.3, 0.4) is 0 Å². The van der Waals surface area contributed by atoms with Crippen molar-refractivity contribution in [2.24, 2.45) is 0 Å². The van der Waals surface area contributed by atoms with Gasteiger partial charge in [-0.1, -0.05) is 35.3 Å². The molecule has 0 spiro atoms. The highest BCUT2D eigenvalue weighted by Crippen LogP contribution is 2.24. The molecule has 0 saturated heterocycles. The monoisotopic (exact) mass is 436 g/mol. The van der Waals surface area contributed by atoms with Gasteiger partial charge in [-0.25, -0.2) is 4.98 Å². The fourth-order valence-corrected chi connectivity index (χ4v) is 3.46. The zero-order valence-corrected chi connectivity index (χ0v) is 17.4. The van der Waals surface area contributed by atoms with Gasteiger partial charge in [0.2, 0.25) is 0 Å². The standard InChI is InChI=1S/C23H18Cl2N4O/c24-21-4-3-16(10-22(21)25)12-28-23(30)20-9-17(14-29-7-6-27-15-29)8-19(11-20)18-2-1-5-26-13-18/h1-11,13,15H,12,14H2,(H,28,30). The number of nitrogens with one attached hydrogen (secondary N) is 1. The quantitative estimate of drug-likeness (QED) is 0.450. The normalized spacial score (nSPS) is 10.7. The molecule has 0 aliphatic rings. The van der Waals surface area contributed by atoms with Crippen molar-refractivity contribution >= 4 is 29.1 Å². The topological polar surface area (TPSA) is 59.8 Å². The highest BCUT2D eigenvalue weighted by Gasteiger charge is 2.11. The summed E-state index contributed by atoms with van der Waals surface area (Å²) in [4.78, 5) is 21.2. The molecule has 0 fully saturated rings. The van der Waals surface area contributed by atoms with Crippen molar-refractivity contribution in [1.82, 2.24) is 19.9 Å². The molecule has 0 bridgehead atoms. The van der Waals surface area contributed by atoms with Crippen LogP contribution in [-0.2, 0) is 13.1 Å². The zero-order chi connectivity index (χ0) is 20.9. The van der Waals surface area contributed by atoms with Crippen LogP contribution >= 0.6 is 23.2 Å². The first-order valence-electron chi connectivity index (χ1n) is 9.31. The second kappa shape index (κ2) is 9.11. The minimum Gasteiger partial charge on any atom is -0.348 e. The van der Waals surface area contributed by atoms with Gasteiger partial charge in [0.25, 0.3) is 5.91 Å². The lowest BCUT2D eigenvalue weighted by molar-refractivity contribution is 0.0951. The van der Waals surface area contributed by atoms with E-state index in [0.29, 0.717) is 28.7 Å². The van der Waals surface area contributed by atoms with Crippen molar-refractivity contribution in [2.75, 3.05) is 0 Å². The van der Waals surface area contributed by atoms with Crippen molar-refractivity contribution in [3.63, 3.8) is 0 Å². The lowest BCUT2D eigenvalue weighted by Crippen LogP contribution is -2.23. The van der Waals surface area contributed by atoms with Gasteiger partial charge in [0.15, 0.2) is 0 Å². The second-order valence-electron chi connectivity index (χ2n) is 6.83. The molecule has 0 unspecified atom stereocenters. The Morgan fingerprint density at radius 1 is 0.933 bits per heavy atom. The van der Waals surface area contributed by atoms with Crippen LogP contribution in [0.1, 0.15) is 21.5 Å². The molecule has 0 radical (unpaired) electrons. The number of halogens is 2. The van der Waals surface area contributed by atoms with Crippen molar-refractivity contribution in [3.8, 4) is 11.1 Å². The summed E-state index contributed by atoms with van der Waals surface area (Å²) in [5.74, 6) is -0.168. The van der Waals surface area contributed by atoms with Gasteiger partial charge in [0, 0.05) is 49.0 Å². The highest BCUT2D eigenvalue weighted by molar-refractivity contribution is 6.42. The summed E-state index contributed by atoms with van der Waals surface area (Å²) in [6.07, 6.45) is 8.88. The molecule has 2 aromatic heterocycles. The van der Waals surface area contributed by atoms with Crippen molar-refractivity contribution in [2.45, 2.75) is 13.1 Å². The van der Waals surface area contributed by atoms with E-state index in [0.717, 1.165) is 22.3 Å². The molecule has 4 aromatic rings. The van der Waals surface area contributed by atoms with E-state index in [2.05, 4.69) is 21.4 Å². The van der Waals surface area contributed by atoms with Crippen molar-refractivity contribution in [1.29, 1.82) is 0 Å². The number of carbonyl (C=O) groups is 1. The van der Waals surface area contributed by atoms with E-state index in [9.17, 15) is 4.79 Å². The Kier molecular flexibility index (Phi) is 6.12. The van der Waals surface area contributed by atoms with Crippen LogP contribution in [0.2, 0.25) is 10.0 Å². The number of nitrogens with zero attached hydrogens (tertiary/aromatic N) is 3. The molecule has 0 aliphatic carbocycles. The van der Waals surface area contributed by atoms with Gasteiger partial charge in [-0.15, -0.1) is 0 Å². The van der Waals surface area contributed by atoms with Gasteiger partial charge < -0.3 is 9.88 Å². The second-order valence-corrected chi connectivity index (χ2v) is 7.64. The summed E-state index contributed by atoms with van der Waals surface area (Å²) >= 11 is 12.0. The maximum absolute atomic E-state index is 12.9. The van der Waals surface area contributed by atoms with E-state index in [1.54, 1.807) is 37.1 Å². The number of pyridine rings is 1. The molecule has 2 heterocycles. The van der Waals surface area contributed by atoms with E-state index < -0.39 is 0 Å². The molecule has 5 nitrogen and oxygen atoms in total. The molecule has 30 heavy (non-hydrogen) atoms. The first-order chi connectivity index (χ1) is 14.6. The van der Waals surface area contributed by atoms with E-state index in [1.165, 1.54) is 0 Å². The molecule has 0 aliphatic heterocycles. The number of benzene rings is 2. The largest absolute Gasteiger partial charge is 0.348 e. The molecular formula is C23H18Cl2N4O. The first kappa shape index (κ1) is 20.1. The number of amides is 1. The third kappa shape index (κ3) is 4.87. The lowest BCUT2D eigenvalue weighted by atomic mass is 10.00. The van der Waals surface area contributed by atoms with Crippen molar-refractivity contribution < 1.29 is 4.79 Å². The summed E-state index contributed by atoms with van der Waals surface area (Å²) in [6, 6.07) is 15.0. The van der Waals surface area contributed by atoms with Crippen LogP contribution in [0.4, 0.5) is 0 Å². The van der Waals surface area contributed by atoms with Gasteiger partial charge in [0.1, 0.15) is 0 Å². The number of imidazole rings is 1. The predicted octanol–water partition coefficient (Wildman–Crippen LogP) is 5.23. The Bertz CT molecular complexity index is 1160. The Labute approximate surface area is 184 Å². The fraction of sp³-hybridized carbons (Fsp3) is 0.0870. The molecule has 150 valence electrons. The molecule has 4 rings (SSSR count). The Hall–Kier alpha value is -3.15. The highest BCUT2D eigenvalue weighted by atomic mass is 35.5. The molecule has 1 N–H and O–H groups in total. The SMILES string of the molecule is O=C(NCc1ccc(Cl)c(Cl)c1)c1cc(Cn2ccnc2)cc(-c2cccnc2)c1. The summed E-state index contributed by atoms with van der Waals surface area (Å²) in [6.45, 7) is 0.963. The minimum atomic E-state index is -0.168. The van der Waals surface area contributed by atoms with E-state index in [4.69, 9.17) is 23.2 Å². The van der Waals surface area contributed by atoms with Crippen LogP contribution in [0.5, 0.6) is 0 Å². The maximum atomic E-state index is 12.9. The van der Waals surface area contributed by atoms with Crippen molar-refractivity contribution in [3.05, 3.63) is 106 Å². The van der Waals surface area contributed by atoms with E-state index in [1.807, 2.05) is 41.1 Å². The van der Waals surface area contributed by atoms with Gasteiger partial charge >= 0.3 is 0 Å². The molecule has 7 heteroatoms. The van der Waals surface area contributed by atoms with Crippen LogP contribution in [-0.4, -0.2) is 20.4 Å². The molecule has 1 amide bonds. The number of carbonyl (C=O) groups excluding carboxylic acids is 1. The van der Waals surface area contributed by atoms with Crippen LogP contribution in [0, 0.1) is 0 Å². The first-order valence-corrected chi connectivity index (χ1v) is 10.1. The summed E-state index contributed by atoms with van der Waals surface area (Å²) in [5.41, 5.74) is 4.32. The van der Waals surface area contributed by atoms with E-state index in [-0.39, 0.29) is 5.91 Å². The van der Waals surface area contributed by atoms with Gasteiger partial charge in [0.05, 0.1) is 16.4 Å². The fourth-order valence-electron chi connectivity index (χ4n) is 3.14. The predicted molar refractivity (Wildman–Crippen MR) is 119 cm³/mol. The molecule has 0 atom stereocenters. The smallest absolute Gasteiger partial charge is 0.251 e. The van der Waals surface area contributed by atoms with Gasteiger partial charge in [-0.3, -0.25) is 9.78 Å². The number of aromatic nitrogens is 3. The van der Waals surface area contributed by atoms with E-state index >= 15 is 0 Å². The lowest BCUT2D eigenvalue weighted by Gasteiger charge is -2.12. The Balaban J connectivity index is 1.60. The summed E-state index contributed by atoms with van der Waals surface area (Å²) < 4.78 is 1.96. The van der Waals surface area contributed by atoms with Crippen LogP contribution in [0.15, 0.2) is 79.6 Å². The van der Waals surface area contributed by atoms with Crippen LogP contribution in [0.25, 0.3) is 11.1 Å². The van der Waals surface area contributed by atoms with Crippen LogP contribution < -0.4 is 5.32 Å². The Morgan fingerprint density at radius 3 is 2.57 bits per heavy atom. The van der Waals surface area contributed by atoms with Gasteiger partial charge in [-0.2, -0.15) is 0 Å². The third-order valence-corrected chi connectivity index (χ3v) is 5.35. The minimum absolute atomic E-state index is 0.168. The van der Waals surface area contributed by atoms with Gasteiger partial charge in [-0.05, 0) is 53.1 Å². The summed E-state index contributed by atoms with van der Waals surface area (Å²) in [5, 5.41) is 3.90. The summed E-state index contributed by atoms with van der Waals surface area (Å²) in [7, 11) is 0. The maximum Gasteiger partial charge on any atom is 0.251 e. The Morgan fingerprint density at radius 2 is 1.83 bits per heavy atom. The molecule has 2 aromatic carbocycles. The number of hydrogen-bond donors (Lipinski definition) is 1. The number of rotatable bonds is 6. The average Bonchev–Trinajstić information content (AvgIpc) is 3.28. The zero-order valence-electron chi connectivity index (χ0n) is 15.9. The molecule has 0 saturated carbocycles. The third-order valence-electron chi connectivity index (χ3n) is 4.61.